The van der Waals surface area contributed by atoms with Crippen LogP contribution in [-0.2, 0) is 4.79 Å². The third-order valence-electron chi connectivity index (χ3n) is 3.60. The molecule has 0 atom stereocenters. The van der Waals surface area contributed by atoms with Gasteiger partial charge in [-0.3, -0.25) is 9.59 Å². The Balaban J connectivity index is 2.07. The second-order valence-electron chi connectivity index (χ2n) is 5.62. The number of ether oxygens (including phenoxy) is 1. The van der Waals surface area contributed by atoms with Crippen LogP contribution in [0.4, 0.5) is 11.4 Å². The molecule has 2 aromatic carbocycles. The summed E-state index contributed by atoms with van der Waals surface area (Å²) in [7, 11) is 0. The molecule has 2 amide bonds. The maximum atomic E-state index is 12.5. The lowest BCUT2D eigenvalue weighted by atomic mass is 10.1. The smallest absolute Gasteiger partial charge is 0.255 e. The molecular weight excluding hydrogens is 316 g/mol. The maximum Gasteiger partial charge on any atom is 0.255 e. The zero-order chi connectivity index (χ0) is 18.1. The lowest BCUT2D eigenvalue weighted by molar-refractivity contribution is -0.116. The number of hydrogen-bond donors (Lipinski definition) is 2. The van der Waals surface area contributed by atoms with Crippen molar-refractivity contribution >= 4 is 23.2 Å². The van der Waals surface area contributed by atoms with Gasteiger partial charge in [0.2, 0.25) is 5.91 Å². The van der Waals surface area contributed by atoms with Crippen molar-refractivity contribution in [3.05, 3.63) is 54.1 Å². The molecule has 0 heterocycles. The summed E-state index contributed by atoms with van der Waals surface area (Å²) in [4.78, 5) is 24.3. The van der Waals surface area contributed by atoms with E-state index in [0.29, 0.717) is 35.7 Å². The quantitative estimate of drug-likeness (QED) is 0.745. The van der Waals surface area contributed by atoms with Gasteiger partial charge in [0.25, 0.3) is 5.91 Å². The van der Waals surface area contributed by atoms with Crippen LogP contribution in [0, 0.1) is 0 Å². The lowest BCUT2D eigenvalue weighted by Gasteiger charge is -2.12. The van der Waals surface area contributed by atoms with Crippen molar-refractivity contribution in [2.45, 2.75) is 33.1 Å². The largest absolute Gasteiger partial charge is 0.492 e. The molecule has 2 N–H and O–H groups in total. The number of carbonyl (C=O) groups excluding carboxylic acids is 2. The van der Waals surface area contributed by atoms with E-state index in [9.17, 15) is 9.59 Å². The number of nitrogens with one attached hydrogen (secondary N) is 2. The normalized spacial score (nSPS) is 10.2. The highest BCUT2D eigenvalue weighted by Gasteiger charge is 2.11. The first-order valence-electron chi connectivity index (χ1n) is 8.57. The fourth-order valence-electron chi connectivity index (χ4n) is 2.34. The Morgan fingerprint density at radius 1 is 1.00 bits per heavy atom. The van der Waals surface area contributed by atoms with Crippen LogP contribution in [0.3, 0.4) is 0 Å². The van der Waals surface area contributed by atoms with E-state index in [1.165, 1.54) is 0 Å². The molecule has 0 saturated heterocycles. The molecule has 0 fully saturated rings. The minimum Gasteiger partial charge on any atom is -0.492 e. The molecule has 0 aliphatic heterocycles. The van der Waals surface area contributed by atoms with Crippen LogP contribution in [-0.4, -0.2) is 18.4 Å². The van der Waals surface area contributed by atoms with Gasteiger partial charge in [-0.1, -0.05) is 31.5 Å². The van der Waals surface area contributed by atoms with Crippen molar-refractivity contribution in [3.8, 4) is 5.75 Å². The first-order chi connectivity index (χ1) is 12.1. The van der Waals surface area contributed by atoms with Crippen LogP contribution in [0.1, 0.15) is 43.5 Å². The molecule has 5 nitrogen and oxygen atoms in total. The number of para-hydroxylation sites is 2. The Morgan fingerprint density at radius 2 is 1.80 bits per heavy atom. The highest BCUT2D eigenvalue weighted by Crippen LogP contribution is 2.24. The molecule has 0 aromatic heterocycles. The van der Waals surface area contributed by atoms with Crippen LogP contribution in [0.5, 0.6) is 5.75 Å². The maximum absolute atomic E-state index is 12.5. The average Bonchev–Trinajstić information content (AvgIpc) is 2.62. The van der Waals surface area contributed by atoms with Gasteiger partial charge < -0.3 is 15.4 Å². The third kappa shape index (κ3) is 5.64. The zero-order valence-corrected chi connectivity index (χ0v) is 14.7. The topological polar surface area (TPSA) is 67.4 Å². The number of hydrogen-bond acceptors (Lipinski definition) is 3. The first kappa shape index (κ1) is 18.5. The van der Waals surface area contributed by atoms with E-state index in [1.807, 2.05) is 32.0 Å². The number of rotatable bonds is 8. The molecule has 0 aliphatic rings. The molecule has 0 radical (unpaired) electrons. The van der Waals surface area contributed by atoms with Crippen molar-refractivity contribution in [1.29, 1.82) is 0 Å². The average molecular weight is 340 g/mol. The van der Waals surface area contributed by atoms with Gasteiger partial charge in [0.05, 0.1) is 12.3 Å². The van der Waals surface area contributed by atoms with Gasteiger partial charge in [0.15, 0.2) is 0 Å². The molecule has 0 aliphatic carbocycles. The van der Waals surface area contributed by atoms with Gasteiger partial charge in [-0.25, -0.2) is 0 Å². The molecular formula is C20H24N2O3. The minimum absolute atomic E-state index is 0.0406. The number of amides is 2. The number of benzene rings is 2. The fraction of sp³-hybridized carbons (Fsp3) is 0.300. The molecule has 25 heavy (non-hydrogen) atoms. The molecule has 0 bridgehead atoms. The van der Waals surface area contributed by atoms with Gasteiger partial charge in [-0.05, 0) is 43.7 Å². The van der Waals surface area contributed by atoms with E-state index in [0.717, 1.165) is 12.8 Å². The Morgan fingerprint density at radius 3 is 2.56 bits per heavy atom. The third-order valence-corrected chi connectivity index (χ3v) is 3.60. The summed E-state index contributed by atoms with van der Waals surface area (Å²) >= 11 is 0. The van der Waals surface area contributed by atoms with E-state index in [2.05, 4.69) is 10.6 Å². The molecule has 5 heteroatoms. The van der Waals surface area contributed by atoms with E-state index < -0.39 is 0 Å². The zero-order valence-electron chi connectivity index (χ0n) is 14.7. The summed E-state index contributed by atoms with van der Waals surface area (Å²) in [6, 6.07) is 14.2. The second kappa shape index (κ2) is 9.47. The standard InChI is InChI=1S/C20H24N2O3/c1-3-5-13-19(23)21-16-10-8-9-15(14-16)20(24)22-17-11-6-7-12-18(17)25-4-2/h6-12,14H,3-5,13H2,1-2H3,(H,21,23)(H,22,24). The Hall–Kier alpha value is -2.82. The lowest BCUT2D eigenvalue weighted by Crippen LogP contribution is -2.15. The number of unbranched alkanes of at least 4 members (excludes halogenated alkanes) is 1. The first-order valence-corrected chi connectivity index (χ1v) is 8.57. The predicted molar refractivity (Wildman–Crippen MR) is 100 cm³/mol. The van der Waals surface area contributed by atoms with Crippen LogP contribution in [0.2, 0.25) is 0 Å². The fourth-order valence-corrected chi connectivity index (χ4v) is 2.34. The number of carbonyl (C=O) groups is 2. The van der Waals surface area contributed by atoms with E-state index >= 15 is 0 Å². The van der Waals surface area contributed by atoms with Crippen LogP contribution < -0.4 is 15.4 Å². The highest BCUT2D eigenvalue weighted by molar-refractivity contribution is 6.06. The molecule has 0 spiro atoms. The monoisotopic (exact) mass is 340 g/mol. The molecule has 2 rings (SSSR count). The molecule has 0 saturated carbocycles. The van der Waals surface area contributed by atoms with Crippen LogP contribution in [0.25, 0.3) is 0 Å². The number of anilines is 2. The van der Waals surface area contributed by atoms with E-state index in [1.54, 1.807) is 30.3 Å². The van der Waals surface area contributed by atoms with Crippen molar-refractivity contribution < 1.29 is 14.3 Å². The van der Waals surface area contributed by atoms with Gasteiger partial charge >= 0.3 is 0 Å². The van der Waals surface area contributed by atoms with E-state index in [-0.39, 0.29) is 11.8 Å². The van der Waals surface area contributed by atoms with Crippen LogP contribution >= 0.6 is 0 Å². The SMILES string of the molecule is CCCCC(=O)Nc1cccc(C(=O)Nc2ccccc2OCC)c1. The Bertz CT molecular complexity index is 728. The van der Waals surface area contributed by atoms with Crippen molar-refractivity contribution in [3.63, 3.8) is 0 Å². The molecule has 2 aromatic rings. The van der Waals surface area contributed by atoms with Gasteiger partial charge in [-0.2, -0.15) is 0 Å². The summed E-state index contributed by atoms with van der Waals surface area (Å²) < 4.78 is 5.52. The summed E-state index contributed by atoms with van der Waals surface area (Å²) in [5.41, 5.74) is 1.71. The van der Waals surface area contributed by atoms with Crippen LogP contribution in [0.15, 0.2) is 48.5 Å². The van der Waals surface area contributed by atoms with Crippen molar-refractivity contribution in [2.75, 3.05) is 17.2 Å². The van der Waals surface area contributed by atoms with Gasteiger partial charge in [0, 0.05) is 17.7 Å². The van der Waals surface area contributed by atoms with E-state index in [4.69, 9.17) is 4.74 Å². The summed E-state index contributed by atoms with van der Waals surface area (Å²) in [6.45, 7) is 4.45. The summed E-state index contributed by atoms with van der Waals surface area (Å²) in [6.07, 6.45) is 2.30. The highest BCUT2D eigenvalue weighted by atomic mass is 16.5. The van der Waals surface area contributed by atoms with Gasteiger partial charge in [0.1, 0.15) is 5.75 Å². The van der Waals surface area contributed by atoms with Crippen molar-refractivity contribution in [2.24, 2.45) is 0 Å². The Kier molecular flexibility index (Phi) is 7.01. The minimum atomic E-state index is -0.253. The predicted octanol–water partition coefficient (Wildman–Crippen LogP) is 4.47. The second-order valence-corrected chi connectivity index (χ2v) is 5.62. The van der Waals surface area contributed by atoms with Crippen molar-refractivity contribution in [1.82, 2.24) is 0 Å². The molecule has 0 unspecified atom stereocenters. The summed E-state index contributed by atoms with van der Waals surface area (Å²) in [5.74, 6) is 0.334. The molecule has 132 valence electrons. The van der Waals surface area contributed by atoms with Gasteiger partial charge in [-0.15, -0.1) is 0 Å². The summed E-state index contributed by atoms with van der Waals surface area (Å²) in [5, 5.41) is 5.67. The Labute approximate surface area is 148 Å².